The van der Waals surface area contributed by atoms with Crippen LogP contribution in [-0.2, 0) is 6.42 Å². The molecule has 0 spiro atoms. The van der Waals surface area contributed by atoms with Gasteiger partial charge in [0.05, 0.1) is 0 Å². The lowest BCUT2D eigenvalue weighted by Crippen LogP contribution is -2.38. The second-order valence-electron chi connectivity index (χ2n) is 4.41. The van der Waals surface area contributed by atoms with Crippen molar-refractivity contribution in [2.45, 2.75) is 6.42 Å². The van der Waals surface area contributed by atoms with E-state index in [4.69, 9.17) is 4.74 Å². The van der Waals surface area contributed by atoms with Crippen molar-refractivity contribution in [1.29, 1.82) is 0 Å². The van der Waals surface area contributed by atoms with Crippen molar-refractivity contribution in [2.75, 3.05) is 13.3 Å². The van der Waals surface area contributed by atoms with E-state index < -0.39 is 0 Å². The van der Waals surface area contributed by atoms with Crippen LogP contribution < -0.4 is 15.4 Å². The lowest BCUT2D eigenvalue weighted by Gasteiger charge is -2.09. The number of carbonyl (C=O) groups excluding carboxylic acids is 1. The average molecular weight is 288 g/mol. The van der Waals surface area contributed by atoms with Crippen LogP contribution >= 0.6 is 0 Å². The maximum absolute atomic E-state index is 12.7. The monoisotopic (exact) mass is 288 g/mol. The first-order valence-electron chi connectivity index (χ1n) is 6.68. The molecular weight excluding hydrogens is 271 g/mol. The minimum absolute atomic E-state index is 0.104. The maximum Gasteiger partial charge on any atom is 0.317 e. The molecule has 0 aliphatic carbocycles. The Balaban J connectivity index is 1.60. The lowest BCUT2D eigenvalue weighted by molar-refractivity contribution is 0.224. The molecule has 0 saturated carbocycles. The van der Waals surface area contributed by atoms with Crippen LogP contribution in [0.4, 0.5) is 9.18 Å². The zero-order valence-electron chi connectivity index (χ0n) is 11.5. The van der Waals surface area contributed by atoms with E-state index >= 15 is 0 Å². The summed E-state index contributed by atoms with van der Waals surface area (Å²) >= 11 is 0. The number of para-hydroxylation sites is 1. The molecule has 2 aromatic carbocycles. The Hall–Kier alpha value is -2.56. The first-order chi connectivity index (χ1) is 10.2. The molecule has 110 valence electrons. The van der Waals surface area contributed by atoms with Gasteiger partial charge in [-0.15, -0.1) is 0 Å². The maximum atomic E-state index is 12.7. The molecule has 2 N–H and O–H groups in total. The summed E-state index contributed by atoms with van der Waals surface area (Å²) in [4.78, 5) is 11.5. The van der Waals surface area contributed by atoms with Crippen molar-refractivity contribution in [1.82, 2.24) is 10.6 Å². The normalized spacial score (nSPS) is 9.95. The third kappa shape index (κ3) is 5.52. The minimum Gasteiger partial charge on any atom is -0.473 e. The Morgan fingerprint density at radius 1 is 1.00 bits per heavy atom. The molecule has 0 aliphatic heterocycles. The molecule has 5 heteroatoms. The zero-order valence-corrected chi connectivity index (χ0v) is 11.5. The molecule has 0 aliphatic rings. The first-order valence-corrected chi connectivity index (χ1v) is 6.68. The molecule has 0 radical (unpaired) electrons. The van der Waals surface area contributed by atoms with Gasteiger partial charge in [0.15, 0.2) is 6.73 Å². The fourth-order valence-corrected chi connectivity index (χ4v) is 1.74. The van der Waals surface area contributed by atoms with Gasteiger partial charge in [-0.1, -0.05) is 30.3 Å². The van der Waals surface area contributed by atoms with Gasteiger partial charge in [0.25, 0.3) is 0 Å². The Morgan fingerprint density at radius 2 is 1.71 bits per heavy atom. The number of ether oxygens (including phenoxy) is 1. The van der Waals surface area contributed by atoms with Crippen molar-refractivity contribution in [3.8, 4) is 5.75 Å². The Kier molecular flexibility index (Phi) is 5.58. The van der Waals surface area contributed by atoms with Crippen LogP contribution in [0.2, 0.25) is 0 Å². The molecule has 21 heavy (non-hydrogen) atoms. The van der Waals surface area contributed by atoms with Gasteiger partial charge in [0.2, 0.25) is 0 Å². The summed E-state index contributed by atoms with van der Waals surface area (Å²) in [7, 11) is 0. The van der Waals surface area contributed by atoms with Gasteiger partial charge in [-0.3, -0.25) is 0 Å². The SMILES string of the molecule is O=C(NCCc1ccc(F)cc1)NCOc1ccccc1. The summed E-state index contributed by atoms with van der Waals surface area (Å²) in [6.07, 6.45) is 0.646. The van der Waals surface area contributed by atoms with Gasteiger partial charge in [-0.2, -0.15) is 0 Å². The van der Waals surface area contributed by atoms with Gasteiger partial charge >= 0.3 is 6.03 Å². The van der Waals surface area contributed by atoms with Crippen LogP contribution in [-0.4, -0.2) is 19.3 Å². The molecule has 0 bridgehead atoms. The highest BCUT2D eigenvalue weighted by Gasteiger charge is 2.00. The van der Waals surface area contributed by atoms with Gasteiger partial charge in [-0.05, 0) is 36.2 Å². The number of halogens is 1. The minimum atomic E-state index is -0.298. The summed E-state index contributed by atoms with van der Waals surface area (Å²) < 4.78 is 18.1. The first kappa shape index (κ1) is 14.8. The van der Waals surface area contributed by atoms with E-state index in [0.717, 1.165) is 5.56 Å². The van der Waals surface area contributed by atoms with Gasteiger partial charge < -0.3 is 15.4 Å². The number of rotatable bonds is 6. The molecule has 0 saturated heterocycles. The number of nitrogens with one attached hydrogen (secondary N) is 2. The quantitative estimate of drug-likeness (QED) is 0.803. The van der Waals surface area contributed by atoms with Crippen molar-refractivity contribution in [2.24, 2.45) is 0 Å². The highest BCUT2D eigenvalue weighted by Crippen LogP contribution is 2.07. The second kappa shape index (κ2) is 7.89. The zero-order chi connectivity index (χ0) is 14.9. The summed E-state index contributed by atoms with van der Waals surface area (Å²) in [6, 6.07) is 15.2. The van der Waals surface area contributed by atoms with Crippen molar-refractivity contribution in [3.63, 3.8) is 0 Å². The van der Waals surface area contributed by atoms with Gasteiger partial charge in [0.1, 0.15) is 11.6 Å². The third-order valence-corrected chi connectivity index (χ3v) is 2.83. The number of hydrogen-bond donors (Lipinski definition) is 2. The van der Waals surface area contributed by atoms with Gasteiger partial charge in [0, 0.05) is 6.54 Å². The molecule has 4 nitrogen and oxygen atoms in total. The van der Waals surface area contributed by atoms with E-state index in [1.807, 2.05) is 30.3 Å². The van der Waals surface area contributed by atoms with E-state index in [1.54, 1.807) is 12.1 Å². The molecular formula is C16H17FN2O2. The largest absolute Gasteiger partial charge is 0.473 e. The highest BCUT2D eigenvalue weighted by atomic mass is 19.1. The molecule has 2 amide bonds. The summed E-state index contributed by atoms with van der Waals surface area (Å²) in [5.41, 5.74) is 0.970. The van der Waals surface area contributed by atoms with Crippen LogP contribution in [0, 0.1) is 5.82 Å². The van der Waals surface area contributed by atoms with Crippen LogP contribution in [0.3, 0.4) is 0 Å². The van der Waals surface area contributed by atoms with E-state index in [0.29, 0.717) is 18.7 Å². The van der Waals surface area contributed by atoms with Crippen LogP contribution in [0.1, 0.15) is 5.56 Å². The highest BCUT2D eigenvalue weighted by molar-refractivity contribution is 5.73. The van der Waals surface area contributed by atoms with Crippen molar-refractivity contribution >= 4 is 6.03 Å². The topological polar surface area (TPSA) is 50.4 Å². The fourth-order valence-electron chi connectivity index (χ4n) is 1.74. The Morgan fingerprint density at radius 3 is 2.43 bits per heavy atom. The second-order valence-corrected chi connectivity index (χ2v) is 4.41. The van der Waals surface area contributed by atoms with E-state index in [1.165, 1.54) is 12.1 Å². The lowest BCUT2D eigenvalue weighted by atomic mass is 10.1. The molecule has 0 fully saturated rings. The predicted octanol–water partition coefficient (Wildman–Crippen LogP) is 2.70. The van der Waals surface area contributed by atoms with Crippen molar-refractivity contribution in [3.05, 3.63) is 66.0 Å². The molecule has 0 heterocycles. The van der Waals surface area contributed by atoms with E-state index in [2.05, 4.69) is 10.6 Å². The molecule has 2 rings (SSSR count). The number of benzene rings is 2. The van der Waals surface area contributed by atoms with Crippen molar-refractivity contribution < 1.29 is 13.9 Å². The summed E-state index contributed by atoms with van der Waals surface area (Å²) in [5.74, 6) is 0.437. The number of hydrogen-bond acceptors (Lipinski definition) is 2. The van der Waals surface area contributed by atoms with Gasteiger partial charge in [-0.25, -0.2) is 9.18 Å². The Labute approximate surface area is 122 Å². The third-order valence-electron chi connectivity index (χ3n) is 2.83. The molecule has 0 aromatic heterocycles. The van der Waals surface area contributed by atoms with E-state index in [-0.39, 0.29) is 18.6 Å². The summed E-state index contributed by atoms with van der Waals surface area (Å²) in [6.45, 7) is 0.579. The standard InChI is InChI=1S/C16H17FN2O2/c17-14-8-6-13(7-9-14)10-11-18-16(20)19-12-21-15-4-2-1-3-5-15/h1-9H,10-12H2,(H2,18,19,20). The predicted molar refractivity (Wildman–Crippen MR) is 78.6 cm³/mol. The number of carbonyl (C=O) groups is 1. The number of amides is 2. The van der Waals surface area contributed by atoms with Crippen LogP contribution in [0.25, 0.3) is 0 Å². The Bertz CT molecular complexity index is 558. The molecule has 2 aromatic rings. The van der Waals surface area contributed by atoms with Crippen LogP contribution in [0.5, 0.6) is 5.75 Å². The average Bonchev–Trinajstić information content (AvgIpc) is 2.50. The molecule has 0 atom stereocenters. The van der Waals surface area contributed by atoms with Crippen LogP contribution in [0.15, 0.2) is 54.6 Å². The van der Waals surface area contributed by atoms with E-state index in [9.17, 15) is 9.18 Å². The molecule has 0 unspecified atom stereocenters. The number of urea groups is 1. The summed E-state index contributed by atoms with van der Waals surface area (Å²) in [5, 5.41) is 5.30. The fraction of sp³-hybridized carbons (Fsp3) is 0.188. The smallest absolute Gasteiger partial charge is 0.317 e.